The molecule has 0 fully saturated rings. The molecule has 18 heavy (non-hydrogen) atoms. The summed E-state index contributed by atoms with van der Waals surface area (Å²) < 4.78 is 113. The first-order valence-corrected chi connectivity index (χ1v) is 3.91. The summed E-state index contributed by atoms with van der Waals surface area (Å²) in [5, 5.41) is 0. The fourth-order valence-corrected chi connectivity index (χ4v) is 0.520. The van der Waals surface area contributed by atoms with Crippen molar-refractivity contribution >= 4 is 0 Å². The Morgan fingerprint density at radius 3 is 1.83 bits per heavy atom. The SMILES string of the molecule is FCC(F)(F)OC(F)C(F)(F)OCC(F)(F)OF. The molecule has 0 aromatic heterocycles. The van der Waals surface area contributed by atoms with Crippen LogP contribution in [0.3, 0.4) is 0 Å². The molecule has 0 saturated carbocycles. The zero-order chi connectivity index (χ0) is 14.6. The van der Waals surface area contributed by atoms with Gasteiger partial charge in [0.05, 0.1) is 0 Å². The molecule has 12 heteroatoms. The summed E-state index contributed by atoms with van der Waals surface area (Å²) in [5.74, 6) is 0. The summed E-state index contributed by atoms with van der Waals surface area (Å²) in [4.78, 5) is 1.87. The quantitative estimate of drug-likeness (QED) is 0.645. The maximum atomic E-state index is 12.5. The summed E-state index contributed by atoms with van der Waals surface area (Å²) in [6.45, 7) is -5.12. The molecule has 0 aliphatic heterocycles. The van der Waals surface area contributed by atoms with E-state index in [1.165, 1.54) is 0 Å². The smallest absolute Gasteiger partial charge is 0.307 e. The van der Waals surface area contributed by atoms with Gasteiger partial charge in [0.2, 0.25) is 0 Å². The molecule has 0 radical (unpaired) electrons. The van der Waals surface area contributed by atoms with Gasteiger partial charge in [0.1, 0.15) is 6.61 Å². The van der Waals surface area contributed by atoms with Gasteiger partial charge in [0.25, 0.3) is 6.36 Å². The summed E-state index contributed by atoms with van der Waals surface area (Å²) in [7, 11) is 0. The van der Waals surface area contributed by atoms with Gasteiger partial charge in [-0.05, 0) is 4.53 Å². The lowest BCUT2D eigenvalue weighted by atomic mass is 10.5. The highest BCUT2D eigenvalue weighted by Gasteiger charge is 2.51. The van der Waals surface area contributed by atoms with Gasteiger partial charge in [-0.15, -0.1) is 4.94 Å². The van der Waals surface area contributed by atoms with E-state index in [1.807, 2.05) is 4.94 Å². The van der Waals surface area contributed by atoms with Crippen LogP contribution in [0.15, 0.2) is 0 Å². The molecular weight excluding hydrogens is 291 g/mol. The van der Waals surface area contributed by atoms with Crippen molar-refractivity contribution in [3.8, 4) is 0 Å². The molecule has 110 valence electrons. The van der Waals surface area contributed by atoms with Crippen molar-refractivity contribution in [1.82, 2.24) is 0 Å². The zero-order valence-corrected chi connectivity index (χ0v) is 8.12. The molecule has 3 nitrogen and oxygen atoms in total. The largest absolute Gasteiger partial charge is 0.412 e. The Balaban J connectivity index is 4.44. The highest BCUT2D eigenvalue weighted by molar-refractivity contribution is 4.63. The molecule has 0 aliphatic carbocycles. The van der Waals surface area contributed by atoms with Crippen LogP contribution < -0.4 is 0 Å². The highest BCUT2D eigenvalue weighted by Crippen LogP contribution is 2.31. The van der Waals surface area contributed by atoms with E-state index in [-0.39, 0.29) is 0 Å². The van der Waals surface area contributed by atoms with Crippen molar-refractivity contribution in [3.05, 3.63) is 0 Å². The Morgan fingerprint density at radius 2 is 1.44 bits per heavy atom. The normalized spacial score (nSPS) is 15.8. The minimum Gasteiger partial charge on any atom is -0.307 e. The Morgan fingerprint density at radius 1 is 0.944 bits per heavy atom. The van der Waals surface area contributed by atoms with Crippen LogP contribution in [0.4, 0.5) is 39.6 Å². The predicted octanol–water partition coefficient (Wildman–Crippen LogP) is 2.96. The average Bonchev–Trinajstić information content (AvgIpc) is 2.26. The lowest BCUT2D eigenvalue weighted by molar-refractivity contribution is -0.424. The molecule has 0 heterocycles. The monoisotopic (exact) mass is 296 g/mol. The molecular formula is C6H5F9O3. The van der Waals surface area contributed by atoms with Crippen LogP contribution in [0.25, 0.3) is 0 Å². The van der Waals surface area contributed by atoms with Crippen molar-refractivity contribution in [2.24, 2.45) is 0 Å². The van der Waals surface area contributed by atoms with Crippen molar-refractivity contribution < 1.29 is 54.1 Å². The molecule has 0 rings (SSSR count). The second-order valence-corrected chi connectivity index (χ2v) is 2.77. The maximum Gasteiger partial charge on any atom is 0.412 e. The first-order valence-electron chi connectivity index (χ1n) is 3.91. The molecule has 0 saturated heterocycles. The number of rotatable bonds is 8. The van der Waals surface area contributed by atoms with E-state index in [0.29, 0.717) is 0 Å². The molecule has 1 atom stereocenters. The van der Waals surface area contributed by atoms with Gasteiger partial charge < -0.3 is 4.74 Å². The van der Waals surface area contributed by atoms with Gasteiger partial charge in [-0.1, -0.05) is 0 Å². The average molecular weight is 296 g/mol. The Labute approximate surface area is 93.3 Å². The fourth-order valence-electron chi connectivity index (χ4n) is 0.520. The lowest BCUT2D eigenvalue weighted by Gasteiger charge is -2.24. The van der Waals surface area contributed by atoms with Gasteiger partial charge in [0.15, 0.2) is 6.67 Å². The number of halogens is 9. The van der Waals surface area contributed by atoms with Crippen molar-refractivity contribution in [1.29, 1.82) is 0 Å². The molecule has 0 spiro atoms. The van der Waals surface area contributed by atoms with Crippen LogP contribution in [0.5, 0.6) is 0 Å². The summed E-state index contributed by atoms with van der Waals surface area (Å²) in [6.07, 6.45) is -19.3. The third-order valence-corrected chi connectivity index (χ3v) is 1.24. The molecule has 0 aliphatic rings. The lowest BCUT2D eigenvalue weighted by Crippen LogP contribution is -2.43. The molecule has 0 bridgehead atoms. The molecule has 0 amide bonds. The van der Waals surface area contributed by atoms with E-state index in [2.05, 4.69) is 9.47 Å². The minimum absolute atomic E-state index is 1.87. The van der Waals surface area contributed by atoms with Gasteiger partial charge in [-0.2, -0.15) is 26.3 Å². The van der Waals surface area contributed by atoms with Gasteiger partial charge in [-0.25, -0.2) is 8.78 Å². The molecule has 0 aromatic rings. The molecule has 0 N–H and O–H groups in total. The second kappa shape index (κ2) is 5.93. The van der Waals surface area contributed by atoms with Crippen LogP contribution in [0.1, 0.15) is 0 Å². The Hall–Kier alpha value is -0.750. The topological polar surface area (TPSA) is 27.7 Å². The van der Waals surface area contributed by atoms with Crippen LogP contribution in [-0.2, 0) is 14.4 Å². The molecule has 0 aromatic carbocycles. The van der Waals surface area contributed by atoms with Crippen molar-refractivity contribution in [3.63, 3.8) is 0 Å². The van der Waals surface area contributed by atoms with Crippen LogP contribution >= 0.6 is 0 Å². The van der Waals surface area contributed by atoms with E-state index >= 15 is 0 Å². The van der Waals surface area contributed by atoms with Crippen molar-refractivity contribution in [2.45, 2.75) is 24.7 Å². The maximum absolute atomic E-state index is 12.5. The molecule has 1 unspecified atom stereocenters. The van der Waals surface area contributed by atoms with E-state index < -0.39 is 38.0 Å². The zero-order valence-electron chi connectivity index (χ0n) is 8.12. The van der Waals surface area contributed by atoms with Gasteiger partial charge >= 0.3 is 18.3 Å². The van der Waals surface area contributed by atoms with Crippen LogP contribution in [0.2, 0.25) is 0 Å². The van der Waals surface area contributed by atoms with Crippen molar-refractivity contribution in [2.75, 3.05) is 13.3 Å². The Bertz CT molecular complexity index is 259. The number of alkyl halides is 8. The summed E-state index contributed by atoms with van der Waals surface area (Å²) in [6, 6.07) is 0. The Kier molecular flexibility index (Phi) is 5.68. The second-order valence-electron chi connectivity index (χ2n) is 2.77. The van der Waals surface area contributed by atoms with E-state index in [9.17, 15) is 39.6 Å². The third-order valence-electron chi connectivity index (χ3n) is 1.24. The van der Waals surface area contributed by atoms with Crippen LogP contribution in [0, 0.1) is 0 Å². The summed E-state index contributed by atoms with van der Waals surface area (Å²) >= 11 is 0. The first-order chi connectivity index (χ1) is 7.96. The highest BCUT2D eigenvalue weighted by atomic mass is 19.4. The number of hydrogen-bond acceptors (Lipinski definition) is 3. The van der Waals surface area contributed by atoms with E-state index in [1.54, 1.807) is 0 Å². The van der Waals surface area contributed by atoms with E-state index in [4.69, 9.17) is 0 Å². The van der Waals surface area contributed by atoms with E-state index in [0.717, 1.165) is 0 Å². The predicted molar refractivity (Wildman–Crippen MR) is 34.9 cm³/mol. The third kappa shape index (κ3) is 5.73. The number of ether oxygens (including phenoxy) is 2. The van der Waals surface area contributed by atoms with Gasteiger partial charge in [0, 0.05) is 0 Å². The number of hydrogen-bond donors (Lipinski definition) is 0. The fraction of sp³-hybridized carbons (Fsp3) is 1.00. The standard InChI is InChI=1S/C6H5F9O3/c7-1-4(9,10)17-3(8)6(13,14)16-2-5(11,12)18-15/h3H,1-2H2. The minimum atomic E-state index is -5.29. The van der Waals surface area contributed by atoms with Gasteiger partial charge in [-0.3, -0.25) is 4.74 Å². The first kappa shape index (κ1) is 17.2. The van der Waals surface area contributed by atoms with Crippen LogP contribution in [-0.4, -0.2) is 38.0 Å². The summed E-state index contributed by atoms with van der Waals surface area (Å²) in [5.41, 5.74) is 0.